The summed E-state index contributed by atoms with van der Waals surface area (Å²) in [6.45, 7) is 1.81. The van der Waals surface area contributed by atoms with Crippen LogP contribution in [0.5, 0.6) is 0 Å². The molecule has 1 aromatic heterocycles. The molecule has 0 bridgehead atoms. The van der Waals surface area contributed by atoms with E-state index in [1.165, 1.54) is 12.1 Å². The summed E-state index contributed by atoms with van der Waals surface area (Å²) in [5.74, 6) is 0.644. The third-order valence-corrected chi connectivity index (χ3v) is 4.16. The number of furan rings is 1. The molecule has 4 N–H and O–H groups in total. The Balaban J connectivity index is 2.11. The van der Waals surface area contributed by atoms with Crippen LogP contribution in [0.3, 0.4) is 0 Å². The van der Waals surface area contributed by atoms with Gasteiger partial charge in [-0.1, -0.05) is 12.1 Å². The van der Waals surface area contributed by atoms with Gasteiger partial charge in [0.05, 0.1) is 23.8 Å². The molecule has 1 aromatic carbocycles. The van der Waals surface area contributed by atoms with E-state index in [0.29, 0.717) is 5.76 Å². The van der Waals surface area contributed by atoms with Gasteiger partial charge in [0.25, 0.3) is 0 Å². The van der Waals surface area contributed by atoms with E-state index in [4.69, 9.17) is 9.56 Å². The molecule has 0 aliphatic heterocycles. The van der Waals surface area contributed by atoms with Crippen LogP contribution >= 0.6 is 0 Å². The quantitative estimate of drug-likeness (QED) is 0.746. The average molecular weight is 310 g/mol. The third-order valence-electron chi connectivity index (χ3n) is 3.23. The van der Waals surface area contributed by atoms with Crippen molar-refractivity contribution in [2.75, 3.05) is 6.61 Å². The highest BCUT2D eigenvalue weighted by Gasteiger charge is 2.17. The predicted octanol–water partition coefficient (Wildman–Crippen LogP) is 1.31. The minimum absolute atomic E-state index is 0.0724. The molecule has 2 aromatic rings. The number of aliphatic hydroxyl groups is 1. The Labute approximate surface area is 123 Å². The third kappa shape index (κ3) is 3.92. The van der Waals surface area contributed by atoms with Crippen LogP contribution in [0.4, 0.5) is 0 Å². The summed E-state index contributed by atoms with van der Waals surface area (Å²) in [4.78, 5) is 0.0724. The number of primary sulfonamides is 1. The lowest BCUT2D eigenvalue weighted by Gasteiger charge is -2.20. The average Bonchev–Trinajstić information content (AvgIpc) is 2.97. The molecular formula is C14H18N2O4S. The molecule has 0 saturated heterocycles. The maximum Gasteiger partial charge on any atom is 0.238 e. The van der Waals surface area contributed by atoms with Gasteiger partial charge in [0.2, 0.25) is 10.0 Å². The van der Waals surface area contributed by atoms with Crippen molar-refractivity contribution in [3.05, 3.63) is 54.0 Å². The van der Waals surface area contributed by atoms with Gasteiger partial charge >= 0.3 is 0 Å². The van der Waals surface area contributed by atoms with Crippen LogP contribution in [0.15, 0.2) is 52.0 Å². The largest absolute Gasteiger partial charge is 0.468 e. The lowest BCUT2D eigenvalue weighted by Crippen LogP contribution is -2.27. The lowest BCUT2D eigenvalue weighted by atomic mass is 10.1. The summed E-state index contributed by atoms with van der Waals surface area (Å²) in [7, 11) is -3.68. The molecule has 2 unspecified atom stereocenters. The second-order valence-corrected chi connectivity index (χ2v) is 6.31. The zero-order valence-electron chi connectivity index (χ0n) is 11.6. The van der Waals surface area contributed by atoms with Gasteiger partial charge in [0, 0.05) is 6.04 Å². The second-order valence-electron chi connectivity index (χ2n) is 4.75. The van der Waals surface area contributed by atoms with E-state index in [2.05, 4.69) is 5.32 Å². The van der Waals surface area contributed by atoms with Crippen molar-refractivity contribution in [1.82, 2.24) is 5.32 Å². The van der Waals surface area contributed by atoms with Gasteiger partial charge in [-0.15, -0.1) is 0 Å². The first-order valence-electron chi connectivity index (χ1n) is 6.45. The summed E-state index contributed by atoms with van der Waals surface area (Å²) in [5.41, 5.74) is 0.882. The number of rotatable bonds is 6. The van der Waals surface area contributed by atoms with E-state index in [0.717, 1.165) is 5.56 Å². The normalized spacial score (nSPS) is 14.8. The molecule has 6 nitrogen and oxygen atoms in total. The highest BCUT2D eigenvalue weighted by atomic mass is 32.2. The van der Waals surface area contributed by atoms with Crippen molar-refractivity contribution in [3.8, 4) is 0 Å². The number of aliphatic hydroxyl groups excluding tert-OH is 1. The first kappa shape index (κ1) is 15.7. The van der Waals surface area contributed by atoms with Gasteiger partial charge in [-0.2, -0.15) is 0 Å². The Bertz CT molecular complexity index is 666. The highest BCUT2D eigenvalue weighted by Crippen LogP contribution is 2.20. The maximum absolute atomic E-state index is 11.2. The zero-order chi connectivity index (χ0) is 15.5. The molecule has 0 fully saturated rings. The first-order chi connectivity index (χ1) is 9.91. The molecule has 0 radical (unpaired) electrons. The van der Waals surface area contributed by atoms with E-state index in [1.807, 2.05) is 6.92 Å². The fraction of sp³-hybridized carbons (Fsp3) is 0.286. The molecule has 0 amide bonds. The fourth-order valence-corrected chi connectivity index (χ4v) is 2.57. The molecule has 7 heteroatoms. The van der Waals surface area contributed by atoms with Gasteiger partial charge in [-0.25, -0.2) is 13.6 Å². The predicted molar refractivity (Wildman–Crippen MR) is 77.9 cm³/mol. The monoisotopic (exact) mass is 310 g/mol. The SMILES string of the molecule is CC(NC(CO)c1ccco1)c1ccc(S(N)(=O)=O)cc1. The van der Waals surface area contributed by atoms with Crippen LogP contribution in [0.2, 0.25) is 0 Å². The van der Waals surface area contributed by atoms with Gasteiger partial charge < -0.3 is 9.52 Å². The van der Waals surface area contributed by atoms with Crippen LogP contribution in [0.25, 0.3) is 0 Å². The number of nitrogens with one attached hydrogen (secondary N) is 1. The highest BCUT2D eigenvalue weighted by molar-refractivity contribution is 7.89. The smallest absolute Gasteiger partial charge is 0.238 e. The summed E-state index contributed by atoms with van der Waals surface area (Å²) in [6, 6.07) is 9.42. The number of sulfonamides is 1. The number of hydrogen-bond donors (Lipinski definition) is 3. The topological polar surface area (TPSA) is 106 Å². The van der Waals surface area contributed by atoms with Gasteiger partial charge in [0.15, 0.2) is 0 Å². The second kappa shape index (κ2) is 6.40. The van der Waals surface area contributed by atoms with E-state index >= 15 is 0 Å². The Morgan fingerprint density at radius 3 is 2.43 bits per heavy atom. The Morgan fingerprint density at radius 1 is 1.29 bits per heavy atom. The molecule has 0 aliphatic rings. The first-order valence-corrected chi connectivity index (χ1v) is 7.99. The Kier molecular flexibility index (Phi) is 4.79. The Morgan fingerprint density at radius 2 is 1.95 bits per heavy atom. The van der Waals surface area contributed by atoms with E-state index < -0.39 is 10.0 Å². The molecule has 2 rings (SSSR count). The summed E-state index contributed by atoms with van der Waals surface area (Å²) in [5, 5.41) is 17.7. The number of nitrogens with two attached hydrogens (primary N) is 1. The molecule has 0 spiro atoms. The molecule has 114 valence electrons. The van der Waals surface area contributed by atoms with Crippen LogP contribution in [0, 0.1) is 0 Å². The van der Waals surface area contributed by atoms with Crippen molar-refractivity contribution in [2.45, 2.75) is 23.9 Å². The number of hydrogen-bond acceptors (Lipinski definition) is 5. The maximum atomic E-state index is 11.2. The van der Waals surface area contributed by atoms with Crippen LogP contribution < -0.4 is 10.5 Å². The molecule has 21 heavy (non-hydrogen) atoms. The summed E-state index contributed by atoms with van der Waals surface area (Å²) < 4.78 is 27.7. The molecule has 2 atom stereocenters. The van der Waals surface area contributed by atoms with Crippen LogP contribution in [-0.2, 0) is 10.0 Å². The molecule has 0 saturated carbocycles. The van der Waals surface area contributed by atoms with Crippen molar-refractivity contribution < 1.29 is 17.9 Å². The molecular weight excluding hydrogens is 292 g/mol. The van der Waals surface area contributed by atoms with Gasteiger partial charge in [-0.3, -0.25) is 5.32 Å². The van der Waals surface area contributed by atoms with Crippen molar-refractivity contribution in [1.29, 1.82) is 0 Å². The van der Waals surface area contributed by atoms with Crippen molar-refractivity contribution >= 4 is 10.0 Å². The fourth-order valence-electron chi connectivity index (χ4n) is 2.06. The van der Waals surface area contributed by atoms with Crippen molar-refractivity contribution in [2.24, 2.45) is 5.14 Å². The number of benzene rings is 1. The van der Waals surface area contributed by atoms with E-state index in [9.17, 15) is 13.5 Å². The van der Waals surface area contributed by atoms with Crippen LogP contribution in [-0.4, -0.2) is 20.1 Å². The summed E-state index contributed by atoms with van der Waals surface area (Å²) in [6.07, 6.45) is 1.55. The van der Waals surface area contributed by atoms with Gasteiger partial charge in [0.1, 0.15) is 5.76 Å². The zero-order valence-corrected chi connectivity index (χ0v) is 12.4. The van der Waals surface area contributed by atoms with Crippen molar-refractivity contribution in [3.63, 3.8) is 0 Å². The van der Waals surface area contributed by atoms with Crippen LogP contribution in [0.1, 0.15) is 30.3 Å². The Hall–Kier alpha value is -1.67. The molecule has 0 aliphatic carbocycles. The standard InChI is InChI=1S/C14H18N2O4S/c1-10(16-13(9-17)14-3-2-8-20-14)11-4-6-12(7-5-11)21(15,18)19/h2-8,10,13,16-17H,9H2,1H3,(H2,15,18,19). The molecule has 1 heterocycles. The van der Waals surface area contributed by atoms with E-state index in [-0.39, 0.29) is 23.6 Å². The minimum Gasteiger partial charge on any atom is -0.468 e. The minimum atomic E-state index is -3.68. The van der Waals surface area contributed by atoms with E-state index in [1.54, 1.807) is 30.5 Å². The van der Waals surface area contributed by atoms with Gasteiger partial charge in [-0.05, 0) is 36.8 Å². The summed E-state index contributed by atoms with van der Waals surface area (Å²) >= 11 is 0. The lowest BCUT2D eigenvalue weighted by molar-refractivity contribution is 0.217.